The zero-order chi connectivity index (χ0) is 20.1. The molecule has 1 aliphatic carbocycles. The van der Waals surface area contributed by atoms with Crippen molar-refractivity contribution in [2.75, 3.05) is 19.6 Å². The lowest BCUT2D eigenvalue weighted by Crippen LogP contribution is -2.52. The quantitative estimate of drug-likeness (QED) is 0.543. The van der Waals surface area contributed by atoms with Crippen LogP contribution in [0.4, 0.5) is 0 Å². The molecule has 1 spiro atoms. The Morgan fingerprint density at radius 2 is 1.80 bits per heavy atom. The molecule has 4 nitrogen and oxygen atoms in total. The molecule has 30 heavy (non-hydrogen) atoms. The van der Waals surface area contributed by atoms with Gasteiger partial charge < -0.3 is 9.32 Å². The van der Waals surface area contributed by atoms with Gasteiger partial charge in [-0.25, -0.2) is 0 Å². The summed E-state index contributed by atoms with van der Waals surface area (Å²) in [5.74, 6) is 3.12. The highest BCUT2D eigenvalue weighted by Gasteiger charge is 2.68. The van der Waals surface area contributed by atoms with Crippen molar-refractivity contribution in [3.05, 3.63) is 35.3 Å². The maximum atomic E-state index is 14.2. The standard InChI is InChI=1S/C26H36N2O2/c29-25-26-18-19-11-7-4-6-10-15-28(19)24(26)23-21-17-20(30-23)12-8-3-1-2-5-9-14-27(25)16-13-22(21)26/h7,11,17,19,22,24H,1-6,8-10,12-16,18H2/b11-7-/t19-,22-,24-,26-/m0/s1. The van der Waals surface area contributed by atoms with Crippen LogP contribution in [0.15, 0.2) is 22.6 Å². The Labute approximate surface area is 180 Å². The monoisotopic (exact) mass is 408 g/mol. The molecule has 6 aliphatic heterocycles. The van der Waals surface area contributed by atoms with Crippen LogP contribution in [0.2, 0.25) is 0 Å². The lowest BCUT2D eigenvalue weighted by molar-refractivity contribution is -0.149. The van der Waals surface area contributed by atoms with Gasteiger partial charge in [-0.3, -0.25) is 9.69 Å². The molecule has 7 aliphatic rings. The minimum absolute atomic E-state index is 0.152. The first-order valence-corrected chi connectivity index (χ1v) is 12.6. The average molecular weight is 409 g/mol. The number of allylic oxidation sites excluding steroid dienone is 1. The largest absolute Gasteiger partial charge is 0.464 e. The average Bonchev–Trinajstić information content (AvgIpc) is 3.32. The first-order valence-electron chi connectivity index (χ1n) is 12.6. The summed E-state index contributed by atoms with van der Waals surface area (Å²) in [6.45, 7) is 2.97. The third kappa shape index (κ3) is 2.78. The molecule has 4 heteroatoms. The predicted octanol–water partition coefficient (Wildman–Crippen LogP) is 5.35. The topological polar surface area (TPSA) is 36.7 Å². The molecule has 2 saturated heterocycles. The van der Waals surface area contributed by atoms with Crippen molar-refractivity contribution in [2.45, 2.75) is 95.1 Å². The summed E-state index contributed by atoms with van der Waals surface area (Å²) in [6.07, 6.45) is 19.1. The van der Waals surface area contributed by atoms with Gasteiger partial charge in [-0.2, -0.15) is 0 Å². The summed E-state index contributed by atoms with van der Waals surface area (Å²) in [7, 11) is 0. The lowest BCUT2D eigenvalue weighted by Gasteiger charge is -2.44. The number of piperidine rings is 1. The van der Waals surface area contributed by atoms with Crippen molar-refractivity contribution >= 4 is 5.91 Å². The fourth-order valence-corrected chi connectivity index (χ4v) is 7.39. The zero-order valence-electron chi connectivity index (χ0n) is 18.3. The molecule has 4 atom stereocenters. The van der Waals surface area contributed by atoms with Crippen molar-refractivity contribution < 1.29 is 9.21 Å². The second-order valence-electron chi connectivity index (χ2n) is 10.4. The second kappa shape index (κ2) is 7.55. The number of hydrogen-bond acceptors (Lipinski definition) is 3. The molecule has 7 heterocycles. The molecule has 0 unspecified atom stereocenters. The van der Waals surface area contributed by atoms with E-state index in [1.54, 1.807) is 0 Å². The summed E-state index contributed by atoms with van der Waals surface area (Å²) in [5, 5.41) is 0. The van der Waals surface area contributed by atoms with E-state index < -0.39 is 0 Å². The van der Waals surface area contributed by atoms with Gasteiger partial charge in [0.15, 0.2) is 0 Å². The van der Waals surface area contributed by atoms with Crippen LogP contribution in [0, 0.1) is 5.41 Å². The summed E-state index contributed by atoms with van der Waals surface area (Å²) >= 11 is 0. The third-order valence-electron chi connectivity index (χ3n) is 8.75. The Morgan fingerprint density at radius 3 is 2.73 bits per heavy atom. The first-order chi connectivity index (χ1) is 14.8. The van der Waals surface area contributed by atoms with Gasteiger partial charge >= 0.3 is 0 Å². The minimum Gasteiger partial charge on any atom is -0.464 e. The normalized spacial score (nSPS) is 37.9. The van der Waals surface area contributed by atoms with Gasteiger partial charge in [-0.15, -0.1) is 0 Å². The molecular formula is C26H36N2O2. The maximum absolute atomic E-state index is 14.2. The molecule has 1 amide bonds. The molecular weight excluding hydrogens is 372 g/mol. The van der Waals surface area contributed by atoms with E-state index in [0.29, 0.717) is 17.9 Å². The van der Waals surface area contributed by atoms with Crippen molar-refractivity contribution in [1.29, 1.82) is 0 Å². The van der Waals surface area contributed by atoms with Crippen LogP contribution in [0.5, 0.6) is 0 Å². The van der Waals surface area contributed by atoms with Gasteiger partial charge in [0.25, 0.3) is 0 Å². The van der Waals surface area contributed by atoms with Gasteiger partial charge in [-0.05, 0) is 63.1 Å². The van der Waals surface area contributed by atoms with E-state index in [-0.39, 0.29) is 11.5 Å². The summed E-state index contributed by atoms with van der Waals surface area (Å²) in [4.78, 5) is 19.0. The Bertz CT molecular complexity index is 842. The number of fused-ring (bicyclic) bond motifs is 2. The maximum Gasteiger partial charge on any atom is 0.231 e. The van der Waals surface area contributed by atoms with Gasteiger partial charge in [0, 0.05) is 31.5 Å². The van der Waals surface area contributed by atoms with Gasteiger partial charge in [-0.1, -0.05) is 37.8 Å². The highest BCUT2D eigenvalue weighted by molar-refractivity contribution is 5.88. The Hall–Kier alpha value is -1.55. The number of nitrogens with zero attached hydrogens (tertiary/aromatic N) is 2. The van der Waals surface area contributed by atoms with Crippen molar-refractivity contribution in [1.82, 2.24) is 9.80 Å². The first kappa shape index (κ1) is 19.2. The van der Waals surface area contributed by atoms with E-state index in [9.17, 15) is 4.79 Å². The molecule has 1 aromatic heterocycles. The van der Waals surface area contributed by atoms with E-state index in [1.165, 1.54) is 62.7 Å². The Kier molecular flexibility index (Phi) is 4.82. The smallest absolute Gasteiger partial charge is 0.231 e. The van der Waals surface area contributed by atoms with E-state index in [2.05, 4.69) is 28.0 Å². The van der Waals surface area contributed by atoms with Crippen molar-refractivity contribution in [3.63, 3.8) is 0 Å². The molecule has 1 aromatic rings. The number of rotatable bonds is 0. The number of carbonyl (C=O) groups is 1. The Balaban J connectivity index is 1.45. The van der Waals surface area contributed by atoms with Gasteiger partial charge in [0.2, 0.25) is 5.91 Å². The molecule has 2 fully saturated rings. The van der Waals surface area contributed by atoms with Gasteiger partial charge in [0.05, 0.1) is 11.5 Å². The van der Waals surface area contributed by atoms with Crippen LogP contribution >= 0.6 is 0 Å². The lowest BCUT2D eigenvalue weighted by atomic mass is 9.67. The van der Waals surface area contributed by atoms with Crippen LogP contribution in [0.25, 0.3) is 0 Å². The number of amides is 1. The van der Waals surface area contributed by atoms with Gasteiger partial charge in [0.1, 0.15) is 11.5 Å². The van der Waals surface area contributed by atoms with Crippen LogP contribution in [-0.2, 0) is 11.2 Å². The number of aryl methyl sites for hydroxylation is 1. The van der Waals surface area contributed by atoms with Crippen LogP contribution < -0.4 is 0 Å². The van der Waals surface area contributed by atoms with Crippen LogP contribution in [0.3, 0.4) is 0 Å². The van der Waals surface area contributed by atoms with E-state index in [0.717, 1.165) is 51.1 Å². The number of furan rings is 1. The van der Waals surface area contributed by atoms with Crippen LogP contribution in [0.1, 0.15) is 99.7 Å². The van der Waals surface area contributed by atoms with E-state index in [4.69, 9.17) is 4.42 Å². The second-order valence-corrected chi connectivity index (χ2v) is 10.4. The van der Waals surface area contributed by atoms with Crippen molar-refractivity contribution in [3.8, 4) is 0 Å². The predicted molar refractivity (Wildman–Crippen MR) is 117 cm³/mol. The van der Waals surface area contributed by atoms with Crippen molar-refractivity contribution in [2.24, 2.45) is 5.41 Å². The molecule has 0 saturated carbocycles. The molecule has 0 N–H and O–H groups in total. The molecule has 162 valence electrons. The molecule has 0 radical (unpaired) electrons. The fourth-order valence-electron chi connectivity index (χ4n) is 7.39. The number of carbonyl (C=O) groups excluding carboxylic acids is 1. The third-order valence-corrected chi connectivity index (χ3v) is 8.75. The summed E-state index contributed by atoms with van der Waals surface area (Å²) in [6, 6.07) is 2.90. The zero-order valence-corrected chi connectivity index (χ0v) is 18.3. The summed E-state index contributed by atoms with van der Waals surface area (Å²) < 4.78 is 6.62. The number of hydrogen-bond donors (Lipinski definition) is 0. The fraction of sp³-hybridized carbons (Fsp3) is 0.731. The molecule has 6 bridgehead atoms. The molecule has 0 aromatic carbocycles. The highest BCUT2D eigenvalue weighted by atomic mass is 16.3. The molecule has 8 rings (SSSR count). The highest BCUT2D eigenvalue weighted by Crippen LogP contribution is 2.67. The SMILES string of the molecule is O=C1N2CCCCCCCCc3cc4c(o3)[C@@H]3N5CCCC/C=C\[C@H]5C[C@@]13[C@H]4CC2. The minimum atomic E-state index is -0.287. The Morgan fingerprint density at radius 1 is 0.967 bits per heavy atom. The van der Waals surface area contributed by atoms with E-state index in [1.807, 2.05) is 0 Å². The van der Waals surface area contributed by atoms with Crippen LogP contribution in [-0.4, -0.2) is 41.4 Å². The summed E-state index contributed by atoms with van der Waals surface area (Å²) in [5.41, 5.74) is 1.10. The van der Waals surface area contributed by atoms with E-state index >= 15 is 0 Å².